The van der Waals surface area contributed by atoms with Gasteiger partial charge in [0.2, 0.25) is 0 Å². The normalized spacial score (nSPS) is 17.9. The summed E-state index contributed by atoms with van der Waals surface area (Å²) in [5, 5.41) is 2.59. The van der Waals surface area contributed by atoms with Gasteiger partial charge in [-0.1, -0.05) is 0 Å². The molecule has 0 aromatic heterocycles. The average Bonchev–Trinajstić information content (AvgIpc) is 2.85. The Morgan fingerprint density at radius 3 is 2.81 bits per heavy atom. The molecule has 3 rings (SSSR count). The van der Waals surface area contributed by atoms with Crippen molar-refractivity contribution in [3.63, 3.8) is 0 Å². The van der Waals surface area contributed by atoms with Crippen LogP contribution in [0.5, 0.6) is 0 Å². The Morgan fingerprint density at radius 2 is 1.95 bits per heavy atom. The number of hydrogen-bond donors (Lipinski definition) is 0. The van der Waals surface area contributed by atoms with Gasteiger partial charge in [-0.25, -0.2) is 0 Å². The van der Waals surface area contributed by atoms with Gasteiger partial charge in [-0.2, -0.15) is 0 Å². The van der Waals surface area contributed by atoms with Crippen molar-refractivity contribution in [2.24, 2.45) is 0 Å². The number of fused-ring (bicyclic) bond motifs is 1. The van der Waals surface area contributed by atoms with Gasteiger partial charge >= 0.3 is 135 Å². The van der Waals surface area contributed by atoms with Crippen LogP contribution in [0, 0.1) is 0 Å². The summed E-state index contributed by atoms with van der Waals surface area (Å²) in [7, 11) is 0. The molecule has 21 heavy (non-hydrogen) atoms. The summed E-state index contributed by atoms with van der Waals surface area (Å²) in [4.78, 5) is 11.6. The van der Waals surface area contributed by atoms with Crippen molar-refractivity contribution in [1.29, 1.82) is 0 Å². The van der Waals surface area contributed by atoms with Crippen molar-refractivity contribution in [3.8, 4) is 0 Å². The van der Waals surface area contributed by atoms with E-state index in [4.69, 9.17) is 4.74 Å². The third kappa shape index (κ3) is 3.31. The molecule has 0 N–H and O–H groups in total. The molecule has 0 aliphatic carbocycles. The molecule has 3 heteroatoms. The number of ether oxygens (including phenoxy) is 1. The Labute approximate surface area is 135 Å². The zero-order valence-electron chi connectivity index (χ0n) is 12.0. The first kappa shape index (κ1) is 14.6. The fraction of sp³-hybridized carbons (Fsp3) is 0.278. The molecular formula is C18H18O2Te. The van der Waals surface area contributed by atoms with E-state index in [0.717, 1.165) is 19.3 Å². The standard InChI is InChI=1S/C18H18O2Te/c1-2-3-10-15-17(12-18(19)20-15)21-16-11-6-8-13-7-4-5-9-14(13)16/h4-9,11-12,15H,2-3,10H2,1H3. The second kappa shape index (κ2) is 6.64. The van der Waals surface area contributed by atoms with Gasteiger partial charge in [0.1, 0.15) is 0 Å². The van der Waals surface area contributed by atoms with E-state index in [-0.39, 0.29) is 12.1 Å². The average molecular weight is 394 g/mol. The second-order valence-corrected chi connectivity index (χ2v) is 8.38. The van der Waals surface area contributed by atoms with Gasteiger partial charge in [-0.3, -0.25) is 0 Å². The molecular weight excluding hydrogens is 376 g/mol. The molecule has 1 unspecified atom stereocenters. The Balaban J connectivity index is 1.87. The minimum absolute atomic E-state index is 0.0267. The number of cyclic esters (lactones) is 1. The van der Waals surface area contributed by atoms with E-state index >= 15 is 0 Å². The zero-order valence-corrected chi connectivity index (χ0v) is 14.4. The van der Waals surface area contributed by atoms with Crippen LogP contribution in [0.4, 0.5) is 0 Å². The summed E-state index contributed by atoms with van der Waals surface area (Å²) in [6.07, 6.45) is 4.97. The number of unbranched alkanes of at least 4 members (excludes halogenated alkanes) is 1. The third-order valence-electron chi connectivity index (χ3n) is 3.63. The van der Waals surface area contributed by atoms with Gasteiger partial charge in [0, 0.05) is 0 Å². The van der Waals surface area contributed by atoms with Crippen LogP contribution >= 0.6 is 0 Å². The van der Waals surface area contributed by atoms with Crippen LogP contribution < -0.4 is 3.61 Å². The molecule has 2 nitrogen and oxygen atoms in total. The molecule has 0 saturated heterocycles. The topological polar surface area (TPSA) is 26.3 Å². The van der Waals surface area contributed by atoms with Crippen molar-refractivity contribution in [2.45, 2.75) is 32.3 Å². The van der Waals surface area contributed by atoms with Gasteiger partial charge in [0.25, 0.3) is 0 Å². The first-order valence-electron chi connectivity index (χ1n) is 7.35. The summed E-state index contributed by atoms with van der Waals surface area (Å²) in [6, 6.07) is 14.9. The van der Waals surface area contributed by atoms with Crippen LogP contribution in [0.25, 0.3) is 10.8 Å². The number of carbonyl (C=O) groups is 1. The number of benzene rings is 2. The maximum atomic E-state index is 11.6. The summed E-state index contributed by atoms with van der Waals surface area (Å²) < 4.78 is 8.10. The van der Waals surface area contributed by atoms with E-state index < -0.39 is 20.9 Å². The monoisotopic (exact) mass is 396 g/mol. The van der Waals surface area contributed by atoms with Crippen LogP contribution in [0.1, 0.15) is 26.2 Å². The third-order valence-corrected chi connectivity index (χ3v) is 7.04. The van der Waals surface area contributed by atoms with Crippen molar-refractivity contribution < 1.29 is 9.53 Å². The van der Waals surface area contributed by atoms with E-state index in [9.17, 15) is 4.79 Å². The van der Waals surface area contributed by atoms with E-state index in [2.05, 4.69) is 49.4 Å². The van der Waals surface area contributed by atoms with Gasteiger partial charge in [-0.05, 0) is 0 Å². The molecule has 1 aliphatic rings. The van der Waals surface area contributed by atoms with Crippen molar-refractivity contribution >= 4 is 41.3 Å². The molecule has 0 bridgehead atoms. The number of esters is 1. The molecule has 108 valence electrons. The van der Waals surface area contributed by atoms with Crippen LogP contribution in [0.15, 0.2) is 52.2 Å². The molecule has 0 amide bonds. The molecule has 0 spiro atoms. The SMILES string of the molecule is CCCCC1OC(=O)C=C1[Te]c1cccc2ccccc12. The first-order valence-corrected chi connectivity index (χ1v) is 9.69. The van der Waals surface area contributed by atoms with Gasteiger partial charge < -0.3 is 0 Å². The van der Waals surface area contributed by atoms with E-state index in [1.54, 1.807) is 6.08 Å². The second-order valence-electron chi connectivity index (χ2n) is 5.19. The quantitative estimate of drug-likeness (QED) is 0.576. The van der Waals surface area contributed by atoms with Crippen molar-refractivity contribution in [3.05, 3.63) is 52.2 Å². The Bertz CT molecular complexity index is 685. The molecule has 1 aliphatic heterocycles. The van der Waals surface area contributed by atoms with E-state index in [1.807, 2.05) is 0 Å². The summed E-state index contributed by atoms with van der Waals surface area (Å²) >= 11 is -0.556. The maximum absolute atomic E-state index is 11.6. The van der Waals surface area contributed by atoms with Gasteiger partial charge in [0.15, 0.2) is 0 Å². The molecule has 2 aromatic carbocycles. The van der Waals surface area contributed by atoms with E-state index in [0.29, 0.717) is 0 Å². The van der Waals surface area contributed by atoms with E-state index in [1.165, 1.54) is 18.0 Å². The molecule has 1 atom stereocenters. The fourth-order valence-electron chi connectivity index (χ4n) is 2.54. The first-order chi connectivity index (χ1) is 10.3. The molecule has 0 saturated carbocycles. The van der Waals surface area contributed by atoms with Crippen LogP contribution in [-0.2, 0) is 9.53 Å². The van der Waals surface area contributed by atoms with Crippen molar-refractivity contribution in [1.82, 2.24) is 0 Å². The molecule has 2 aromatic rings. The zero-order chi connectivity index (χ0) is 14.7. The Morgan fingerprint density at radius 1 is 1.14 bits per heavy atom. The van der Waals surface area contributed by atoms with Crippen LogP contribution in [0.2, 0.25) is 0 Å². The van der Waals surface area contributed by atoms with Crippen LogP contribution in [-0.4, -0.2) is 33.0 Å². The Kier molecular flexibility index (Phi) is 4.63. The summed E-state index contributed by atoms with van der Waals surface area (Å²) in [5.74, 6) is -0.156. The number of rotatable bonds is 5. The minimum atomic E-state index is -0.556. The summed E-state index contributed by atoms with van der Waals surface area (Å²) in [5.41, 5.74) is 0. The van der Waals surface area contributed by atoms with Crippen LogP contribution in [0.3, 0.4) is 0 Å². The summed E-state index contributed by atoms with van der Waals surface area (Å²) in [6.45, 7) is 2.17. The predicted molar refractivity (Wildman–Crippen MR) is 86.8 cm³/mol. The number of hydrogen-bond acceptors (Lipinski definition) is 2. The van der Waals surface area contributed by atoms with Gasteiger partial charge in [0.05, 0.1) is 0 Å². The Hall–Kier alpha value is -1.30. The molecule has 0 fully saturated rings. The van der Waals surface area contributed by atoms with Crippen molar-refractivity contribution in [2.75, 3.05) is 0 Å². The van der Waals surface area contributed by atoms with Gasteiger partial charge in [-0.15, -0.1) is 0 Å². The molecule has 1 heterocycles. The fourth-order valence-corrected chi connectivity index (χ4v) is 5.82. The molecule has 0 radical (unpaired) electrons. The number of carbonyl (C=O) groups excluding carboxylic acids is 1. The predicted octanol–water partition coefficient (Wildman–Crippen LogP) is 3.17.